The van der Waals surface area contributed by atoms with Crippen LogP contribution in [0.1, 0.15) is 6.42 Å². The maximum Gasteiger partial charge on any atom is 0.281 e. The van der Waals surface area contributed by atoms with Crippen LogP contribution in [0, 0.1) is 5.41 Å². The number of nitrogens with zero attached hydrogens (tertiary/aromatic N) is 3. The minimum absolute atomic E-state index is 0.168. The molecule has 0 aliphatic heterocycles. The standard InChI is InChI=1S/C13H12N6O2/c14-6-3-7-21-9-5-2-1-4-8(9)11-15-12-10(13(20)16-11)17-19-18-12/h1-2,4-6,14H,3,7H2,(H2,15,16,17,18,19,20). The highest BCUT2D eigenvalue weighted by atomic mass is 16.5. The lowest BCUT2D eigenvalue weighted by atomic mass is 10.2. The Balaban J connectivity index is 2.05. The highest BCUT2D eigenvalue weighted by Crippen LogP contribution is 2.26. The van der Waals surface area contributed by atoms with Gasteiger partial charge in [-0.3, -0.25) is 4.79 Å². The zero-order valence-electron chi connectivity index (χ0n) is 11.0. The first-order valence-electron chi connectivity index (χ1n) is 6.31. The van der Waals surface area contributed by atoms with Crippen LogP contribution in [0.2, 0.25) is 0 Å². The fourth-order valence-corrected chi connectivity index (χ4v) is 1.90. The molecule has 3 aromatic rings. The number of nitrogens with one attached hydrogen (secondary N) is 3. The topological polar surface area (TPSA) is 120 Å². The molecular weight excluding hydrogens is 272 g/mol. The third-order valence-electron chi connectivity index (χ3n) is 2.86. The summed E-state index contributed by atoms with van der Waals surface area (Å²) in [5.41, 5.74) is 0.714. The Kier molecular flexibility index (Phi) is 3.42. The number of benzene rings is 1. The first-order valence-corrected chi connectivity index (χ1v) is 6.31. The molecule has 2 heterocycles. The average Bonchev–Trinajstić information content (AvgIpc) is 2.97. The summed E-state index contributed by atoms with van der Waals surface area (Å²) in [5.74, 6) is 0.956. The van der Waals surface area contributed by atoms with Gasteiger partial charge in [0.05, 0.1) is 12.2 Å². The second kappa shape index (κ2) is 5.53. The minimum atomic E-state index is -0.363. The normalized spacial score (nSPS) is 10.7. The van der Waals surface area contributed by atoms with Gasteiger partial charge in [-0.2, -0.15) is 5.21 Å². The predicted molar refractivity (Wildman–Crippen MR) is 76.6 cm³/mol. The number of para-hydroxylation sites is 1. The van der Waals surface area contributed by atoms with Crippen LogP contribution in [-0.2, 0) is 0 Å². The van der Waals surface area contributed by atoms with E-state index in [9.17, 15) is 4.79 Å². The van der Waals surface area contributed by atoms with E-state index in [4.69, 9.17) is 10.1 Å². The summed E-state index contributed by atoms with van der Waals surface area (Å²) >= 11 is 0. The van der Waals surface area contributed by atoms with E-state index in [2.05, 4.69) is 25.4 Å². The lowest BCUT2D eigenvalue weighted by Gasteiger charge is -2.09. The van der Waals surface area contributed by atoms with Gasteiger partial charge in [0.25, 0.3) is 5.56 Å². The summed E-state index contributed by atoms with van der Waals surface area (Å²) < 4.78 is 5.61. The van der Waals surface area contributed by atoms with Crippen molar-refractivity contribution in [1.29, 1.82) is 5.41 Å². The Morgan fingerprint density at radius 1 is 1.29 bits per heavy atom. The van der Waals surface area contributed by atoms with Gasteiger partial charge >= 0.3 is 0 Å². The highest BCUT2D eigenvalue weighted by Gasteiger charge is 2.12. The van der Waals surface area contributed by atoms with Gasteiger partial charge in [0.2, 0.25) is 5.65 Å². The van der Waals surface area contributed by atoms with Crippen molar-refractivity contribution in [3.8, 4) is 17.1 Å². The molecule has 0 spiro atoms. The molecule has 8 nitrogen and oxygen atoms in total. The van der Waals surface area contributed by atoms with Crippen LogP contribution < -0.4 is 10.3 Å². The molecule has 3 N–H and O–H groups in total. The van der Waals surface area contributed by atoms with Gasteiger partial charge in [-0.15, -0.1) is 10.2 Å². The van der Waals surface area contributed by atoms with E-state index in [0.29, 0.717) is 30.2 Å². The minimum Gasteiger partial charge on any atom is -0.492 e. The van der Waals surface area contributed by atoms with E-state index >= 15 is 0 Å². The van der Waals surface area contributed by atoms with Crippen molar-refractivity contribution in [2.45, 2.75) is 6.42 Å². The van der Waals surface area contributed by atoms with Gasteiger partial charge in [-0.25, -0.2) is 4.98 Å². The maximum atomic E-state index is 11.9. The summed E-state index contributed by atoms with van der Waals surface area (Å²) in [7, 11) is 0. The molecule has 0 fully saturated rings. The highest BCUT2D eigenvalue weighted by molar-refractivity contribution is 5.72. The SMILES string of the molecule is N=CCCOc1ccccc1-c1nc2n[nH]nc2c(=O)[nH]1. The molecule has 8 heteroatoms. The van der Waals surface area contributed by atoms with Gasteiger partial charge < -0.3 is 15.1 Å². The fourth-order valence-electron chi connectivity index (χ4n) is 1.90. The molecule has 0 aliphatic rings. The zero-order chi connectivity index (χ0) is 14.7. The number of aromatic amines is 2. The number of H-pyrrole nitrogens is 2. The molecule has 21 heavy (non-hydrogen) atoms. The monoisotopic (exact) mass is 284 g/mol. The van der Waals surface area contributed by atoms with Gasteiger partial charge in [-0.05, 0) is 18.3 Å². The van der Waals surface area contributed by atoms with Crippen molar-refractivity contribution < 1.29 is 4.74 Å². The fraction of sp³-hybridized carbons (Fsp3) is 0.154. The van der Waals surface area contributed by atoms with Crippen molar-refractivity contribution in [1.82, 2.24) is 25.4 Å². The van der Waals surface area contributed by atoms with Gasteiger partial charge in [0.1, 0.15) is 11.6 Å². The lowest BCUT2D eigenvalue weighted by Crippen LogP contribution is -2.10. The largest absolute Gasteiger partial charge is 0.492 e. The zero-order valence-corrected chi connectivity index (χ0v) is 11.0. The van der Waals surface area contributed by atoms with E-state index < -0.39 is 0 Å². The lowest BCUT2D eigenvalue weighted by molar-refractivity contribution is 0.331. The van der Waals surface area contributed by atoms with Crippen LogP contribution in [0.3, 0.4) is 0 Å². The molecule has 0 unspecified atom stereocenters. The molecule has 0 saturated carbocycles. The number of rotatable bonds is 5. The van der Waals surface area contributed by atoms with E-state index in [-0.39, 0.29) is 16.7 Å². The van der Waals surface area contributed by atoms with Crippen molar-refractivity contribution in [2.24, 2.45) is 0 Å². The molecular formula is C13H12N6O2. The van der Waals surface area contributed by atoms with Crippen LogP contribution in [-0.4, -0.2) is 38.2 Å². The molecule has 0 aliphatic carbocycles. The summed E-state index contributed by atoms with van der Waals surface area (Å²) in [6.45, 7) is 0.386. The Morgan fingerprint density at radius 3 is 3.00 bits per heavy atom. The Bertz CT molecular complexity index is 838. The number of fused-ring (bicyclic) bond motifs is 1. The number of aromatic nitrogens is 5. The molecule has 0 saturated heterocycles. The van der Waals surface area contributed by atoms with E-state index in [1.54, 1.807) is 12.1 Å². The summed E-state index contributed by atoms with van der Waals surface area (Å²) in [6, 6.07) is 7.23. The Morgan fingerprint density at radius 2 is 2.14 bits per heavy atom. The van der Waals surface area contributed by atoms with Gasteiger partial charge in [-0.1, -0.05) is 12.1 Å². The Hall–Kier alpha value is -3.03. The van der Waals surface area contributed by atoms with Gasteiger partial charge in [0.15, 0.2) is 5.52 Å². The van der Waals surface area contributed by atoms with E-state index in [0.717, 1.165) is 0 Å². The molecule has 0 atom stereocenters. The van der Waals surface area contributed by atoms with E-state index in [1.165, 1.54) is 6.21 Å². The second-order valence-corrected chi connectivity index (χ2v) is 4.25. The number of ether oxygens (including phenoxy) is 1. The van der Waals surface area contributed by atoms with Crippen LogP contribution in [0.25, 0.3) is 22.6 Å². The average molecular weight is 284 g/mol. The summed E-state index contributed by atoms with van der Waals surface area (Å²) in [6.07, 6.45) is 1.80. The van der Waals surface area contributed by atoms with Crippen molar-refractivity contribution in [3.05, 3.63) is 34.6 Å². The first-order chi connectivity index (χ1) is 10.3. The van der Waals surface area contributed by atoms with Gasteiger partial charge in [0, 0.05) is 6.42 Å². The quantitative estimate of drug-likeness (QED) is 0.479. The summed E-state index contributed by atoms with van der Waals surface area (Å²) in [4.78, 5) is 18.9. The van der Waals surface area contributed by atoms with Crippen LogP contribution in [0.15, 0.2) is 29.1 Å². The molecule has 0 radical (unpaired) electrons. The smallest absolute Gasteiger partial charge is 0.281 e. The molecule has 2 aromatic heterocycles. The molecule has 1 aromatic carbocycles. The first kappa shape index (κ1) is 13.0. The molecule has 0 amide bonds. The van der Waals surface area contributed by atoms with Crippen LogP contribution in [0.4, 0.5) is 0 Å². The van der Waals surface area contributed by atoms with Crippen molar-refractivity contribution in [3.63, 3.8) is 0 Å². The molecule has 0 bridgehead atoms. The van der Waals surface area contributed by atoms with E-state index in [1.807, 2.05) is 12.1 Å². The maximum absolute atomic E-state index is 11.9. The van der Waals surface area contributed by atoms with Crippen LogP contribution >= 0.6 is 0 Å². The van der Waals surface area contributed by atoms with Crippen molar-refractivity contribution >= 4 is 17.4 Å². The number of hydrogen-bond donors (Lipinski definition) is 3. The third kappa shape index (κ3) is 2.50. The molecule has 106 valence electrons. The third-order valence-corrected chi connectivity index (χ3v) is 2.86. The Labute approximate surface area is 118 Å². The molecule has 3 rings (SSSR count). The predicted octanol–water partition coefficient (Wildman–Crippen LogP) is 1.13. The van der Waals surface area contributed by atoms with Crippen molar-refractivity contribution in [2.75, 3.05) is 6.61 Å². The summed E-state index contributed by atoms with van der Waals surface area (Å²) in [5, 5.41) is 16.9. The van der Waals surface area contributed by atoms with Crippen LogP contribution in [0.5, 0.6) is 5.75 Å². The number of hydrogen-bond acceptors (Lipinski definition) is 6. The second-order valence-electron chi connectivity index (χ2n) is 4.25.